The molecule has 1 aromatic heterocycles. The van der Waals surface area contributed by atoms with E-state index in [0.29, 0.717) is 28.3 Å². The normalized spacial score (nSPS) is 9.83. The number of nitrogens with zero attached hydrogens (tertiary/aromatic N) is 2. The SMILES string of the molecule is Cc1cc(Nc2ncc(N)cc2C#N)ccc1F. The van der Waals surface area contributed by atoms with E-state index in [9.17, 15) is 4.39 Å². The van der Waals surface area contributed by atoms with Gasteiger partial charge in [-0.25, -0.2) is 9.37 Å². The number of aryl methyl sites for hydroxylation is 1. The molecule has 1 aromatic carbocycles. The maximum atomic E-state index is 13.1. The molecule has 2 rings (SSSR count). The second-order valence-corrected chi connectivity index (χ2v) is 3.87. The van der Waals surface area contributed by atoms with Crippen molar-refractivity contribution < 1.29 is 4.39 Å². The van der Waals surface area contributed by atoms with Gasteiger partial charge in [0, 0.05) is 5.69 Å². The van der Waals surface area contributed by atoms with Gasteiger partial charge in [-0.15, -0.1) is 0 Å². The van der Waals surface area contributed by atoms with Gasteiger partial charge in [0.05, 0.1) is 17.4 Å². The van der Waals surface area contributed by atoms with Crippen LogP contribution in [0, 0.1) is 24.1 Å². The van der Waals surface area contributed by atoms with Crippen molar-refractivity contribution in [3.63, 3.8) is 0 Å². The van der Waals surface area contributed by atoms with E-state index in [1.807, 2.05) is 6.07 Å². The first kappa shape index (κ1) is 11.9. The summed E-state index contributed by atoms with van der Waals surface area (Å²) in [5.74, 6) is 0.129. The number of nitrogen functional groups attached to an aromatic ring is 1. The third-order valence-electron chi connectivity index (χ3n) is 2.45. The van der Waals surface area contributed by atoms with Crippen molar-refractivity contribution in [2.45, 2.75) is 6.92 Å². The van der Waals surface area contributed by atoms with E-state index < -0.39 is 0 Å². The van der Waals surface area contributed by atoms with E-state index in [1.165, 1.54) is 18.3 Å². The van der Waals surface area contributed by atoms with Crippen LogP contribution in [0.2, 0.25) is 0 Å². The van der Waals surface area contributed by atoms with Crippen LogP contribution in [-0.4, -0.2) is 4.98 Å². The van der Waals surface area contributed by atoms with Gasteiger partial charge in [-0.2, -0.15) is 5.26 Å². The molecular weight excluding hydrogens is 231 g/mol. The van der Waals surface area contributed by atoms with Gasteiger partial charge in [0.25, 0.3) is 0 Å². The average molecular weight is 242 g/mol. The fraction of sp³-hybridized carbons (Fsp3) is 0.0769. The highest BCUT2D eigenvalue weighted by molar-refractivity contribution is 5.65. The molecular formula is C13H11FN4. The minimum atomic E-state index is -0.272. The predicted octanol–water partition coefficient (Wildman–Crippen LogP) is 2.73. The van der Waals surface area contributed by atoms with E-state index in [1.54, 1.807) is 19.1 Å². The van der Waals surface area contributed by atoms with Gasteiger partial charge in [-0.1, -0.05) is 0 Å². The van der Waals surface area contributed by atoms with Gasteiger partial charge in [-0.3, -0.25) is 0 Å². The van der Waals surface area contributed by atoms with Crippen molar-refractivity contribution in [2.24, 2.45) is 0 Å². The number of pyridine rings is 1. The minimum absolute atomic E-state index is 0.272. The van der Waals surface area contributed by atoms with Crippen molar-refractivity contribution >= 4 is 17.2 Å². The molecule has 0 amide bonds. The lowest BCUT2D eigenvalue weighted by molar-refractivity contribution is 0.619. The maximum Gasteiger partial charge on any atom is 0.148 e. The first-order valence-electron chi connectivity index (χ1n) is 5.29. The molecule has 0 fully saturated rings. The number of hydrogen-bond acceptors (Lipinski definition) is 4. The monoisotopic (exact) mass is 242 g/mol. The summed E-state index contributed by atoms with van der Waals surface area (Å²) in [6, 6.07) is 8.13. The number of hydrogen-bond donors (Lipinski definition) is 2. The zero-order valence-electron chi connectivity index (χ0n) is 9.74. The third-order valence-corrected chi connectivity index (χ3v) is 2.45. The summed E-state index contributed by atoms with van der Waals surface area (Å²) in [5, 5.41) is 11.9. The summed E-state index contributed by atoms with van der Waals surface area (Å²) < 4.78 is 13.1. The van der Waals surface area contributed by atoms with Gasteiger partial charge < -0.3 is 11.1 Å². The molecule has 1 heterocycles. The summed E-state index contributed by atoms with van der Waals surface area (Å²) >= 11 is 0. The fourth-order valence-corrected chi connectivity index (χ4v) is 1.52. The van der Waals surface area contributed by atoms with E-state index in [2.05, 4.69) is 10.3 Å². The number of benzene rings is 1. The van der Waals surface area contributed by atoms with Crippen LogP contribution in [0.25, 0.3) is 0 Å². The van der Waals surface area contributed by atoms with Crippen molar-refractivity contribution in [3.05, 3.63) is 47.4 Å². The van der Waals surface area contributed by atoms with Crippen molar-refractivity contribution in [1.82, 2.24) is 4.98 Å². The number of nitriles is 1. The number of halogens is 1. The molecule has 90 valence electrons. The van der Waals surface area contributed by atoms with Gasteiger partial charge in [0.1, 0.15) is 17.7 Å². The Balaban J connectivity index is 2.34. The van der Waals surface area contributed by atoms with E-state index in [-0.39, 0.29) is 5.82 Å². The van der Waals surface area contributed by atoms with Crippen molar-refractivity contribution in [1.29, 1.82) is 5.26 Å². The Kier molecular flexibility index (Phi) is 3.11. The Bertz CT molecular complexity index is 631. The molecule has 3 N–H and O–H groups in total. The van der Waals surface area contributed by atoms with Crippen LogP contribution in [-0.2, 0) is 0 Å². The molecule has 2 aromatic rings. The van der Waals surface area contributed by atoms with Crippen LogP contribution >= 0.6 is 0 Å². The Morgan fingerprint density at radius 1 is 1.39 bits per heavy atom. The quantitative estimate of drug-likeness (QED) is 0.849. The van der Waals surface area contributed by atoms with Gasteiger partial charge in [0.2, 0.25) is 0 Å². The van der Waals surface area contributed by atoms with Gasteiger partial charge in [0.15, 0.2) is 0 Å². The van der Waals surface area contributed by atoms with Gasteiger partial charge >= 0.3 is 0 Å². The zero-order valence-corrected chi connectivity index (χ0v) is 9.74. The molecule has 0 aliphatic rings. The molecule has 5 heteroatoms. The smallest absolute Gasteiger partial charge is 0.148 e. The van der Waals surface area contributed by atoms with E-state index in [0.717, 1.165) is 0 Å². The highest BCUT2D eigenvalue weighted by atomic mass is 19.1. The largest absolute Gasteiger partial charge is 0.397 e. The molecule has 0 spiro atoms. The molecule has 0 radical (unpaired) electrons. The summed E-state index contributed by atoms with van der Waals surface area (Å²) in [7, 11) is 0. The second-order valence-electron chi connectivity index (χ2n) is 3.87. The Hall–Kier alpha value is -2.61. The first-order chi connectivity index (χ1) is 8.60. The number of nitrogens with one attached hydrogen (secondary N) is 1. The fourth-order valence-electron chi connectivity index (χ4n) is 1.52. The lowest BCUT2D eigenvalue weighted by Gasteiger charge is -2.08. The number of anilines is 3. The molecule has 4 nitrogen and oxygen atoms in total. The molecule has 0 saturated carbocycles. The minimum Gasteiger partial charge on any atom is -0.397 e. The molecule has 0 bridgehead atoms. The molecule has 18 heavy (non-hydrogen) atoms. The Morgan fingerprint density at radius 2 is 2.17 bits per heavy atom. The van der Waals surface area contributed by atoms with Gasteiger partial charge in [-0.05, 0) is 36.8 Å². The number of aromatic nitrogens is 1. The molecule has 0 saturated heterocycles. The van der Waals surface area contributed by atoms with E-state index in [4.69, 9.17) is 11.0 Å². The van der Waals surface area contributed by atoms with E-state index >= 15 is 0 Å². The summed E-state index contributed by atoms with van der Waals surface area (Å²) in [6.07, 6.45) is 1.46. The highest BCUT2D eigenvalue weighted by Crippen LogP contribution is 2.21. The first-order valence-corrected chi connectivity index (χ1v) is 5.29. The molecule has 0 atom stereocenters. The summed E-state index contributed by atoms with van der Waals surface area (Å²) in [6.45, 7) is 1.67. The van der Waals surface area contributed by atoms with Crippen molar-refractivity contribution in [2.75, 3.05) is 11.1 Å². The lowest BCUT2D eigenvalue weighted by Crippen LogP contribution is -1.99. The average Bonchev–Trinajstić information content (AvgIpc) is 2.36. The Labute approximate surface area is 104 Å². The Morgan fingerprint density at radius 3 is 2.83 bits per heavy atom. The predicted molar refractivity (Wildman–Crippen MR) is 67.8 cm³/mol. The number of nitrogens with two attached hydrogens (primary N) is 1. The van der Waals surface area contributed by atoms with Crippen LogP contribution in [0.5, 0.6) is 0 Å². The van der Waals surface area contributed by atoms with Crippen molar-refractivity contribution in [3.8, 4) is 6.07 Å². The maximum absolute atomic E-state index is 13.1. The topological polar surface area (TPSA) is 74.7 Å². The lowest BCUT2D eigenvalue weighted by atomic mass is 10.2. The van der Waals surface area contributed by atoms with Crippen LogP contribution < -0.4 is 11.1 Å². The van der Waals surface area contributed by atoms with Crippen LogP contribution in [0.15, 0.2) is 30.5 Å². The summed E-state index contributed by atoms with van der Waals surface area (Å²) in [5.41, 5.74) is 7.51. The second kappa shape index (κ2) is 4.72. The zero-order chi connectivity index (χ0) is 13.1. The van der Waals surface area contributed by atoms with Crippen LogP contribution in [0.4, 0.5) is 21.6 Å². The number of rotatable bonds is 2. The molecule has 0 unspecified atom stereocenters. The van der Waals surface area contributed by atoms with Crippen LogP contribution in [0.3, 0.4) is 0 Å². The summed E-state index contributed by atoms with van der Waals surface area (Å²) in [4.78, 5) is 4.04. The van der Waals surface area contributed by atoms with Crippen LogP contribution in [0.1, 0.15) is 11.1 Å². The standard InChI is InChI=1S/C13H11FN4/c1-8-4-11(2-3-12(8)14)18-13-9(6-15)5-10(16)7-17-13/h2-5,7H,16H2,1H3,(H,17,18). The third kappa shape index (κ3) is 2.38. The highest BCUT2D eigenvalue weighted by Gasteiger charge is 2.05. The molecule has 0 aliphatic heterocycles. The molecule has 0 aliphatic carbocycles.